The summed E-state index contributed by atoms with van der Waals surface area (Å²) in [5, 5.41) is 3.21. The zero-order valence-corrected chi connectivity index (χ0v) is 11.7. The summed E-state index contributed by atoms with van der Waals surface area (Å²) in [7, 11) is 0. The van der Waals surface area contributed by atoms with Crippen LogP contribution in [0.4, 0.5) is 0 Å². The van der Waals surface area contributed by atoms with Crippen molar-refractivity contribution in [2.24, 2.45) is 0 Å². The van der Waals surface area contributed by atoms with E-state index in [0.29, 0.717) is 33.0 Å². The number of hydrogen-bond acceptors (Lipinski definition) is 5. The third-order valence-corrected chi connectivity index (χ3v) is 3.09. The van der Waals surface area contributed by atoms with Crippen molar-refractivity contribution in [1.29, 1.82) is 0 Å². The van der Waals surface area contributed by atoms with Crippen molar-refractivity contribution in [1.82, 2.24) is 5.32 Å². The molecule has 0 aromatic heterocycles. The minimum absolute atomic E-state index is 0.0237. The molecule has 1 heterocycles. The van der Waals surface area contributed by atoms with Crippen LogP contribution in [0, 0.1) is 0 Å². The zero-order valence-electron chi connectivity index (χ0n) is 11.7. The van der Waals surface area contributed by atoms with Gasteiger partial charge in [-0.15, -0.1) is 0 Å². The monoisotopic (exact) mass is 279 g/mol. The molecule has 1 saturated heterocycles. The minimum Gasteiger partial charge on any atom is -0.465 e. The average molecular weight is 279 g/mol. The van der Waals surface area contributed by atoms with Gasteiger partial charge in [-0.05, 0) is 12.5 Å². The third kappa shape index (κ3) is 4.30. The summed E-state index contributed by atoms with van der Waals surface area (Å²) in [5.41, 5.74) is 0.891. The number of nitrogens with one attached hydrogen (secondary N) is 1. The summed E-state index contributed by atoms with van der Waals surface area (Å²) < 4.78 is 16.0. The first-order valence-corrected chi connectivity index (χ1v) is 6.95. The Balaban J connectivity index is 1.97. The molecule has 1 aliphatic rings. The molecular formula is C15H21NO4. The van der Waals surface area contributed by atoms with Crippen molar-refractivity contribution in [3.05, 3.63) is 35.9 Å². The second-order valence-electron chi connectivity index (χ2n) is 4.57. The number of ether oxygens (including phenoxy) is 3. The van der Waals surface area contributed by atoms with Gasteiger partial charge in [0.2, 0.25) is 0 Å². The van der Waals surface area contributed by atoms with Crippen LogP contribution in [0.1, 0.15) is 18.5 Å². The molecule has 0 saturated carbocycles. The summed E-state index contributed by atoms with van der Waals surface area (Å²) >= 11 is 0. The highest BCUT2D eigenvalue weighted by atomic mass is 16.6. The van der Waals surface area contributed by atoms with Gasteiger partial charge in [0.1, 0.15) is 6.04 Å². The molecule has 1 aliphatic heterocycles. The summed E-state index contributed by atoms with van der Waals surface area (Å²) in [6.45, 7) is 4.51. The van der Waals surface area contributed by atoms with Gasteiger partial charge in [0.15, 0.2) is 0 Å². The molecule has 1 fully saturated rings. The summed E-state index contributed by atoms with van der Waals surface area (Å²) in [5.74, 6) is -0.268. The van der Waals surface area contributed by atoms with Gasteiger partial charge in [-0.25, -0.2) is 4.79 Å². The van der Waals surface area contributed by atoms with Crippen molar-refractivity contribution in [2.45, 2.75) is 19.1 Å². The third-order valence-electron chi connectivity index (χ3n) is 3.09. The molecule has 110 valence electrons. The Morgan fingerprint density at radius 3 is 2.85 bits per heavy atom. The molecular weight excluding hydrogens is 258 g/mol. The highest BCUT2D eigenvalue weighted by Gasteiger charge is 2.23. The molecule has 0 radical (unpaired) electrons. The van der Waals surface area contributed by atoms with Crippen LogP contribution >= 0.6 is 0 Å². The van der Waals surface area contributed by atoms with E-state index in [9.17, 15) is 4.79 Å². The SMILES string of the molecule is CCOC(=O)C(NCC1COCCO1)c1ccccc1. The number of carbonyl (C=O) groups is 1. The van der Waals surface area contributed by atoms with Crippen molar-refractivity contribution < 1.29 is 19.0 Å². The van der Waals surface area contributed by atoms with Crippen LogP contribution in [0.15, 0.2) is 30.3 Å². The Kier molecular flexibility index (Phi) is 5.98. The molecule has 0 amide bonds. The van der Waals surface area contributed by atoms with Gasteiger partial charge in [-0.1, -0.05) is 30.3 Å². The molecule has 2 atom stereocenters. The fourth-order valence-electron chi connectivity index (χ4n) is 2.11. The Hall–Kier alpha value is -1.43. The van der Waals surface area contributed by atoms with E-state index in [1.54, 1.807) is 6.92 Å². The molecule has 1 N–H and O–H groups in total. The van der Waals surface area contributed by atoms with Crippen LogP contribution in [0.3, 0.4) is 0 Å². The van der Waals surface area contributed by atoms with E-state index in [0.717, 1.165) is 5.56 Å². The van der Waals surface area contributed by atoms with E-state index in [1.165, 1.54) is 0 Å². The van der Waals surface area contributed by atoms with Crippen LogP contribution < -0.4 is 5.32 Å². The van der Waals surface area contributed by atoms with E-state index in [1.807, 2.05) is 30.3 Å². The second kappa shape index (κ2) is 7.99. The molecule has 5 heteroatoms. The van der Waals surface area contributed by atoms with E-state index < -0.39 is 6.04 Å². The van der Waals surface area contributed by atoms with Crippen LogP contribution in [-0.2, 0) is 19.0 Å². The topological polar surface area (TPSA) is 56.8 Å². The van der Waals surface area contributed by atoms with E-state index >= 15 is 0 Å². The van der Waals surface area contributed by atoms with E-state index in [2.05, 4.69) is 5.32 Å². The van der Waals surface area contributed by atoms with Crippen LogP contribution in [0.25, 0.3) is 0 Å². The lowest BCUT2D eigenvalue weighted by atomic mass is 10.1. The molecule has 2 unspecified atom stereocenters. The van der Waals surface area contributed by atoms with Crippen LogP contribution in [0.2, 0.25) is 0 Å². The minimum atomic E-state index is -0.471. The van der Waals surface area contributed by atoms with Crippen molar-refractivity contribution in [3.8, 4) is 0 Å². The maximum Gasteiger partial charge on any atom is 0.327 e. The summed E-state index contributed by atoms with van der Waals surface area (Å²) in [6, 6.07) is 9.08. The highest BCUT2D eigenvalue weighted by molar-refractivity contribution is 5.77. The summed E-state index contributed by atoms with van der Waals surface area (Å²) in [4.78, 5) is 12.1. The molecule has 5 nitrogen and oxygen atoms in total. The molecule has 1 aromatic rings. The predicted octanol–water partition coefficient (Wildman–Crippen LogP) is 1.30. The zero-order chi connectivity index (χ0) is 14.2. The van der Waals surface area contributed by atoms with Crippen molar-refractivity contribution >= 4 is 5.97 Å². The molecule has 20 heavy (non-hydrogen) atoms. The lowest BCUT2D eigenvalue weighted by molar-refractivity contribution is -0.146. The smallest absolute Gasteiger partial charge is 0.327 e. The molecule has 0 aliphatic carbocycles. The van der Waals surface area contributed by atoms with Gasteiger partial charge in [-0.3, -0.25) is 5.32 Å². The number of esters is 1. The van der Waals surface area contributed by atoms with Crippen molar-refractivity contribution in [3.63, 3.8) is 0 Å². The second-order valence-corrected chi connectivity index (χ2v) is 4.57. The molecule has 2 rings (SSSR count). The van der Waals surface area contributed by atoms with Gasteiger partial charge >= 0.3 is 5.97 Å². The molecule has 1 aromatic carbocycles. The quantitative estimate of drug-likeness (QED) is 0.795. The van der Waals surface area contributed by atoms with Gasteiger partial charge in [0, 0.05) is 6.54 Å². The Morgan fingerprint density at radius 2 is 2.20 bits per heavy atom. The van der Waals surface area contributed by atoms with Crippen LogP contribution in [0.5, 0.6) is 0 Å². The van der Waals surface area contributed by atoms with Gasteiger partial charge < -0.3 is 14.2 Å². The number of carbonyl (C=O) groups excluding carboxylic acids is 1. The standard InChI is InChI=1S/C15H21NO4/c1-2-19-15(17)14(12-6-4-3-5-7-12)16-10-13-11-18-8-9-20-13/h3-7,13-14,16H,2,8-11H2,1H3. The van der Waals surface area contributed by atoms with Gasteiger partial charge in [0.05, 0.1) is 32.5 Å². The number of benzene rings is 1. The molecule has 0 spiro atoms. The number of hydrogen-bond donors (Lipinski definition) is 1. The Morgan fingerprint density at radius 1 is 1.40 bits per heavy atom. The summed E-state index contributed by atoms with van der Waals surface area (Å²) in [6.07, 6.45) is -0.0237. The largest absolute Gasteiger partial charge is 0.465 e. The van der Waals surface area contributed by atoms with E-state index in [-0.39, 0.29) is 12.1 Å². The van der Waals surface area contributed by atoms with E-state index in [4.69, 9.17) is 14.2 Å². The first kappa shape index (κ1) is 15.0. The fraction of sp³-hybridized carbons (Fsp3) is 0.533. The first-order valence-electron chi connectivity index (χ1n) is 6.95. The number of rotatable bonds is 6. The fourth-order valence-corrected chi connectivity index (χ4v) is 2.11. The van der Waals surface area contributed by atoms with Gasteiger partial charge in [-0.2, -0.15) is 0 Å². The Labute approximate surface area is 119 Å². The maximum absolute atomic E-state index is 12.1. The lowest BCUT2D eigenvalue weighted by Gasteiger charge is -2.25. The predicted molar refractivity (Wildman–Crippen MR) is 74.4 cm³/mol. The maximum atomic E-state index is 12.1. The van der Waals surface area contributed by atoms with Gasteiger partial charge in [0.25, 0.3) is 0 Å². The average Bonchev–Trinajstić information content (AvgIpc) is 2.50. The lowest BCUT2D eigenvalue weighted by Crippen LogP contribution is -2.41. The highest BCUT2D eigenvalue weighted by Crippen LogP contribution is 2.15. The van der Waals surface area contributed by atoms with Crippen molar-refractivity contribution in [2.75, 3.05) is 33.0 Å². The molecule has 0 bridgehead atoms. The first-order chi connectivity index (χ1) is 9.81. The van der Waals surface area contributed by atoms with Crippen LogP contribution in [-0.4, -0.2) is 45.0 Å². The Bertz CT molecular complexity index is 404. The normalized spacial score (nSPS) is 20.4.